The summed E-state index contributed by atoms with van der Waals surface area (Å²) in [5.41, 5.74) is 2.61. The summed E-state index contributed by atoms with van der Waals surface area (Å²) in [6.07, 6.45) is 0. The van der Waals surface area contributed by atoms with Crippen molar-refractivity contribution < 1.29 is 4.74 Å². The van der Waals surface area contributed by atoms with Crippen LogP contribution in [0.4, 0.5) is 0 Å². The van der Waals surface area contributed by atoms with Gasteiger partial charge in [-0.05, 0) is 23.3 Å². The molecule has 0 fully saturated rings. The van der Waals surface area contributed by atoms with E-state index in [1.165, 1.54) is 16.3 Å². The number of hydrogen-bond acceptors (Lipinski definition) is 2. The van der Waals surface area contributed by atoms with Crippen LogP contribution in [0, 0.1) is 0 Å². The molecule has 0 aliphatic carbocycles. The number of benzene rings is 2. The van der Waals surface area contributed by atoms with Crippen molar-refractivity contribution in [3.8, 4) is 5.75 Å². The van der Waals surface area contributed by atoms with E-state index in [1.807, 2.05) is 12.1 Å². The number of hydrogen-bond donors (Lipinski definition) is 1. The Hall–Kier alpha value is -1.58. The second kappa shape index (κ2) is 6.92. The topological polar surface area (TPSA) is 21.3 Å². The van der Waals surface area contributed by atoms with Gasteiger partial charge in [-0.25, -0.2) is 0 Å². The fourth-order valence-corrected chi connectivity index (χ4v) is 3.38. The van der Waals surface area contributed by atoms with E-state index in [1.54, 1.807) is 7.11 Å². The number of ether oxygens (including phenoxy) is 1. The van der Waals surface area contributed by atoms with Crippen LogP contribution in [-0.2, 0) is 13.1 Å². The Labute approximate surface area is 129 Å². The monoisotopic (exact) mass is 299 g/mol. The molecule has 0 bridgehead atoms. The molecule has 2 aromatic carbocycles. The predicted octanol–water partition coefficient (Wildman–Crippen LogP) is 3.53. The number of methoxy groups -OCH3 is 1. The average Bonchev–Trinajstić information content (AvgIpc) is 2.47. The van der Waals surface area contributed by atoms with E-state index in [0.717, 1.165) is 18.8 Å². The minimum Gasteiger partial charge on any atom is -0.497 e. The Bertz CT molecular complexity index is 555. The molecule has 112 valence electrons. The molecule has 0 aliphatic rings. The summed E-state index contributed by atoms with van der Waals surface area (Å²) in [5, 5.41) is 5.00. The maximum Gasteiger partial charge on any atom is 0.118 e. The van der Waals surface area contributed by atoms with Gasteiger partial charge in [-0.1, -0.05) is 61.2 Å². The normalized spacial score (nSPS) is 11.4. The fourth-order valence-electron chi connectivity index (χ4n) is 2.22. The fraction of sp³-hybridized carbons (Fsp3) is 0.333. The Morgan fingerprint density at radius 2 is 1.29 bits per heavy atom. The van der Waals surface area contributed by atoms with Crippen molar-refractivity contribution >= 4 is 13.3 Å². The summed E-state index contributed by atoms with van der Waals surface area (Å²) in [6.45, 7) is 8.91. The highest BCUT2D eigenvalue weighted by atomic mass is 28.3. The van der Waals surface area contributed by atoms with Gasteiger partial charge in [-0.15, -0.1) is 0 Å². The zero-order valence-corrected chi connectivity index (χ0v) is 14.4. The van der Waals surface area contributed by atoms with E-state index < -0.39 is 8.07 Å². The summed E-state index contributed by atoms with van der Waals surface area (Å²) >= 11 is 0. The first kappa shape index (κ1) is 15.8. The van der Waals surface area contributed by atoms with Gasteiger partial charge in [-0.3, -0.25) is 0 Å². The Morgan fingerprint density at radius 1 is 0.810 bits per heavy atom. The van der Waals surface area contributed by atoms with Crippen molar-refractivity contribution in [2.24, 2.45) is 0 Å². The lowest BCUT2D eigenvalue weighted by Gasteiger charge is -2.16. The van der Waals surface area contributed by atoms with Crippen LogP contribution in [-0.4, -0.2) is 15.2 Å². The van der Waals surface area contributed by atoms with Crippen LogP contribution in [0.5, 0.6) is 5.75 Å². The van der Waals surface area contributed by atoms with E-state index in [0.29, 0.717) is 0 Å². The van der Waals surface area contributed by atoms with Crippen LogP contribution in [0.25, 0.3) is 0 Å². The molecule has 0 saturated carbocycles. The van der Waals surface area contributed by atoms with Crippen molar-refractivity contribution in [3.05, 3.63) is 59.7 Å². The molecule has 2 nitrogen and oxygen atoms in total. The summed E-state index contributed by atoms with van der Waals surface area (Å²) < 4.78 is 5.16. The lowest BCUT2D eigenvalue weighted by molar-refractivity contribution is 0.414. The smallest absolute Gasteiger partial charge is 0.118 e. The molecule has 0 aromatic heterocycles. The van der Waals surface area contributed by atoms with Gasteiger partial charge in [0.1, 0.15) is 5.75 Å². The van der Waals surface area contributed by atoms with Crippen LogP contribution >= 0.6 is 0 Å². The van der Waals surface area contributed by atoms with Gasteiger partial charge < -0.3 is 10.1 Å². The Kier molecular flexibility index (Phi) is 5.20. The molecule has 2 rings (SSSR count). The first-order valence-corrected chi connectivity index (χ1v) is 10.9. The Balaban J connectivity index is 1.85. The van der Waals surface area contributed by atoms with Gasteiger partial charge in [0, 0.05) is 13.1 Å². The zero-order valence-electron chi connectivity index (χ0n) is 13.4. The van der Waals surface area contributed by atoms with Gasteiger partial charge in [-0.2, -0.15) is 0 Å². The average molecular weight is 299 g/mol. The van der Waals surface area contributed by atoms with Crippen molar-refractivity contribution in [2.45, 2.75) is 32.7 Å². The van der Waals surface area contributed by atoms with Gasteiger partial charge in [0.25, 0.3) is 0 Å². The highest BCUT2D eigenvalue weighted by molar-refractivity contribution is 6.88. The minimum absolute atomic E-state index is 0.875. The first-order valence-electron chi connectivity index (χ1n) is 7.42. The minimum atomic E-state index is -1.18. The molecule has 21 heavy (non-hydrogen) atoms. The molecule has 0 spiro atoms. The molecule has 0 unspecified atom stereocenters. The van der Waals surface area contributed by atoms with Crippen molar-refractivity contribution in [1.29, 1.82) is 0 Å². The molecule has 0 atom stereocenters. The van der Waals surface area contributed by atoms with Crippen LogP contribution in [0.15, 0.2) is 48.5 Å². The molecule has 0 aliphatic heterocycles. The SMILES string of the molecule is COc1ccc(CNCc2ccc([Si](C)(C)C)cc2)cc1. The second-order valence-corrected chi connectivity index (χ2v) is 11.5. The molecular weight excluding hydrogens is 274 g/mol. The molecular formula is C18H25NOSi. The summed E-state index contributed by atoms with van der Waals surface area (Å²) in [7, 11) is 0.510. The molecule has 0 radical (unpaired) electrons. The molecule has 3 heteroatoms. The lowest BCUT2D eigenvalue weighted by atomic mass is 10.2. The van der Waals surface area contributed by atoms with Gasteiger partial charge >= 0.3 is 0 Å². The third-order valence-corrected chi connectivity index (χ3v) is 5.70. The van der Waals surface area contributed by atoms with E-state index in [2.05, 4.69) is 61.4 Å². The van der Waals surface area contributed by atoms with E-state index in [4.69, 9.17) is 4.74 Å². The predicted molar refractivity (Wildman–Crippen MR) is 93.0 cm³/mol. The maximum atomic E-state index is 5.16. The van der Waals surface area contributed by atoms with E-state index in [-0.39, 0.29) is 0 Å². The standard InChI is InChI=1S/C18H25NOSi/c1-20-17-9-5-15(6-10-17)13-19-14-16-7-11-18(12-8-16)21(2,3)4/h5-12,19H,13-14H2,1-4H3. The summed E-state index contributed by atoms with van der Waals surface area (Å²) in [5.74, 6) is 0.903. The molecule has 0 heterocycles. The quantitative estimate of drug-likeness (QED) is 0.824. The third-order valence-electron chi connectivity index (χ3n) is 3.64. The van der Waals surface area contributed by atoms with Crippen molar-refractivity contribution in [1.82, 2.24) is 5.32 Å². The summed E-state index contributed by atoms with van der Waals surface area (Å²) in [6, 6.07) is 17.3. The first-order chi connectivity index (χ1) is 9.99. The maximum absolute atomic E-state index is 5.16. The molecule has 0 amide bonds. The second-order valence-electron chi connectivity index (χ2n) is 6.40. The molecule has 1 N–H and O–H groups in total. The van der Waals surface area contributed by atoms with Crippen molar-refractivity contribution in [3.63, 3.8) is 0 Å². The van der Waals surface area contributed by atoms with Crippen LogP contribution in [0.2, 0.25) is 19.6 Å². The number of rotatable bonds is 6. The lowest BCUT2D eigenvalue weighted by Crippen LogP contribution is -2.37. The van der Waals surface area contributed by atoms with Gasteiger partial charge in [0.2, 0.25) is 0 Å². The van der Waals surface area contributed by atoms with Crippen molar-refractivity contribution in [2.75, 3.05) is 7.11 Å². The van der Waals surface area contributed by atoms with E-state index in [9.17, 15) is 0 Å². The third kappa shape index (κ3) is 4.72. The van der Waals surface area contributed by atoms with Gasteiger partial charge in [0.05, 0.1) is 15.2 Å². The van der Waals surface area contributed by atoms with Gasteiger partial charge in [0.15, 0.2) is 0 Å². The largest absolute Gasteiger partial charge is 0.497 e. The van der Waals surface area contributed by atoms with Crippen LogP contribution in [0.3, 0.4) is 0 Å². The van der Waals surface area contributed by atoms with Crippen LogP contribution < -0.4 is 15.2 Å². The van der Waals surface area contributed by atoms with Crippen LogP contribution in [0.1, 0.15) is 11.1 Å². The molecule has 0 saturated heterocycles. The Morgan fingerprint density at radius 3 is 1.71 bits per heavy atom. The highest BCUT2D eigenvalue weighted by Gasteiger charge is 2.15. The highest BCUT2D eigenvalue weighted by Crippen LogP contribution is 2.11. The van der Waals surface area contributed by atoms with E-state index >= 15 is 0 Å². The summed E-state index contributed by atoms with van der Waals surface area (Å²) in [4.78, 5) is 0. The number of nitrogens with one attached hydrogen (secondary N) is 1. The molecule has 2 aromatic rings. The zero-order chi connectivity index (χ0) is 15.3.